The Morgan fingerprint density at radius 1 is 1.24 bits per heavy atom. The lowest BCUT2D eigenvalue weighted by Gasteiger charge is -2.25. The van der Waals surface area contributed by atoms with Gasteiger partial charge in [0.1, 0.15) is 5.75 Å². The largest absolute Gasteiger partial charge is 0.495 e. The molecular weight excluding hydrogens is 266 g/mol. The predicted molar refractivity (Wildman–Crippen MR) is 86.3 cm³/mol. The molecule has 118 valence electrons. The first-order chi connectivity index (χ1) is 10.3. The summed E-state index contributed by atoms with van der Waals surface area (Å²) in [6, 6.07) is 6.49. The van der Waals surface area contributed by atoms with Gasteiger partial charge in [-0.1, -0.05) is 6.07 Å². The van der Waals surface area contributed by atoms with Crippen LogP contribution in [-0.2, 0) is 11.3 Å². The minimum Gasteiger partial charge on any atom is -0.495 e. The molecule has 5 nitrogen and oxygen atoms in total. The van der Waals surface area contributed by atoms with Crippen molar-refractivity contribution in [2.45, 2.75) is 13.0 Å². The number of methoxy groups -OCH3 is 2. The quantitative estimate of drug-likeness (QED) is 0.741. The minimum atomic E-state index is 0.732. The molecular formula is C16H27N3O2. The van der Waals surface area contributed by atoms with Gasteiger partial charge < -0.3 is 25.0 Å². The fraction of sp³-hybridized carbons (Fsp3) is 0.625. The highest BCUT2D eigenvalue weighted by molar-refractivity contribution is 5.60. The van der Waals surface area contributed by atoms with E-state index in [0.29, 0.717) is 0 Å². The van der Waals surface area contributed by atoms with Crippen molar-refractivity contribution in [3.05, 3.63) is 23.8 Å². The van der Waals surface area contributed by atoms with Crippen molar-refractivity contribution in [3.63, 3.8) is 0 Å². The van der Waals surface area contributed by atoms with Gasteiger partial charge in [-0.15, -0.1) is 0 Å². The van der Waals surface area contributed by atoms with Crippen LogP contribution in [0.4, 0.5) is 5.69 Å². The molecule has 1 aromatic carbocycles. The maximum absolute atomic E-state index is 5.59. The van der Waals surface area contributed by atoms with Gasteiger partial charge in [-0.2, -0.15) is 0 Å². The fourth-order valence-corrected chi connectivity index (χ4v) is 2.59. The van der Waals surface area contributed by atoms with Crippen LogP contribution >= 0.6 is 0 Å². The van der Waals surface area contributed by atoms with Crippen molar-refractivity contribution in [3.8, 4) is 5.75 Å². The summed E-state index contributed by atoms with van der Waals surface area (Å²) in [5, 5.41) is 6.79. The molecule has 1 saturated heterocycles. The van der Waals surface area contributed by atoms with E-state index in [0.717, 1.165) is 51.6 Å². The Balaban J connectivity index is 2.01. The summed E-state index contributed by atoms with van der Waals surface area (Å²) in [5.74, 6) is 0.961. The molecule has 2 rings (SSSR count). The zero-order valence-electron chi connectivity index (χ0n) is 13.2. The molecule has 0 bridgehead atoms. The van der Waals surface area contributed by atoms with Gasteiger partial charge in [0.2, 0.25) is 0 Å². The minimum absolute atomic E-state index is 0.732. The lowest BCUT2D eigenvalue weighted by molar-refractivity contribution is 0.199. The van der Waals surface area contributed by atoms with Crippen molar-refractivity contribution in [1.82, 2.24) is 10.6 Å². The summed E-state index contributed by atoms with van der Waals surface area (Å²) in [7, 11) is 3.46. The number of rotatable bonds is 7. The van der Waals surface area contributed by atoms with E-state index in [1.54, 1.807) is 14.2 Å². The van der Waals surface area contributed by atoms with Crippen LogP contribution in [0.25, 0.3) is 0 Å². The Labute approximate surface area is 127 Å². The Morgan fingerprint density at radius 2 is 2.14 bits per heavy atom. The predicted octanol–water partition coefficient (Wildman–Crippen LogP) is 1.23. The Hall–Kier alpha value is -1.30. The maximum Gasteiger partial charge on any atom is 0.142 e. The van der Waals surface area contributed by atoms with E-state index in [9.17, 15) is 0 Å². The van der Waals surface area contributed by atoms with Gasteiger partial charge in [-0.25, -0.2) is 0 Å². The lowest BCUT2D eigenvalue weighted by atomic mass is 10.1. The monoisotopic (exact) mass is 293 g/mol. The Kier molecular flexibility index (Phi) is 6.79. The van der Waals surface area contributed by atoms with Gasteiger partial charge in [-0.3, -0.25) is 0 Å². The highest BCUT2D eigenvalue weighted by atomic mass is 16.5. The number of hydrogen-bond donors (Lipinski definition) is 2. The number of benzene rings is 1. The van der Waals surface area contributed by atoms with E-state index in [1.807, 2.05) is 0 Å². The van der Waals surface area contributed by atoms with Crippen LogP contribution in [0.1, 0.15) is 12.0 Å². The SMILES string of the molecule is COCCNCc1ccc(N2CCCNCC2)c(OC)c1. The third kappa shape index (κ3) is 4.88. The van der Waals surface area contributed by atoms with Gasteiger partial charge in [0.25, 0.3) is 0 Å². The van der Waals surface area contributed by atoms with Gasteiger partial charge in [0.15, 0.2) is 0 Å². The molecule has 1 aromatic rings. The molecule has 2 N–H and O–H groups in total. The second kappa shape index (κ2) is 8.87. The molecule has 1 heterocycles. The smallest absolute Gasteiger partial charge is 0.142 e. The van der Waals surface area contributed by atoms with E-state index in [4.69, 9.17) is 9.47 Å². The molecule has 0 aliphatic carbocycles. The molecule has 0 radical (unpaired) electrons. The average Bonchev–Trinajstić information content (AvgIpc) is 2.80. The molecule has 1 aliphatic heterocycles. The third-order valence-electron chi connectivity index (χ3n) is 3.74. The van der Waals surface area contributed by atoms with E-state index in [1.165, 1.54) is 17.7 Å². The van der Waals surface area contributed by atoms with Gasteiger partial charge >= 0.3 is 0 Å². The van der Waals surface area contributed by atoms with Crippen molar-refractivity contribution < 1.29 is 9.47 Å². The standard InChI is InChI=1S/C16H27N3O2/c1-20-11-8-18-13-14-4-5-15(16(12-14)21-2)19-9-3-6-17-7-10-19/h4-5,12,17-18H,3,6-11,13H2,1-2H3. The number of nitrogens with zero attached hydrogens (tertiary/aromatic N) is 1. The molecule has 0 saturated carbocycles. The highest BCUT2D eigenvalue weighted by Crippen LogP contribution is 2.29. The number of nitrogens with one attached hydrogen (secondary N) is 2. The summed E-state index contributed by atoms with van der Waals surface area (Å²) in [6.07, 6.45) is 1.17. The van der Waals surface area contributed by atoms with Crippen LogP contribution < -0.4 is 20.3 Å². The van der Waals surface area contributed by atoms with Gasteiger partial charge in [-0.05, 0) is 30.7 Å². The summed E-state index contributed by atoms with van der Waals surface area (Å²) in [5.41, 5.74) is 2.43. The summed E-state index contributed by atoms with van der Waals surface area (Å²) < 4.78 is 10.6. The molecule has 1 aliphatic rings. The first-order valence-electron chi connectivity index (χ1n) is 7.67. The van der Waals surface area contributed by atoms with Crippen LogP contribution in [0, 0.1) is 0 Å². The van der Waals surface area contributed by atoms with Crippen molar-refractivity contribution >= 4 is 5.69 Å². The number of ether oxygens (including phenoxy) is 2. The van der Waals surface area contributed by atoms with Crippen molar-refractivity contribution in [2.24, 2.45) is 0 Å². The summed E-state index contributed by atoms with van der Waals surface area (Å²) >= 11 is 0. The zero-order valence-corrected chi connectivity index (χ0v) is 13.2. The fourth-order valence-electron chi connectivity index (χ4n) is 2.59. The molecule has 0 unspecified atom stereocenters. The van der Waals surface area contributed by atoms with Crippen LogP contribution in [0.5, 0.6) is 5.75 Å². The van der Waals surface area contributed by atoms with Crippen LogP contribution in [0.3, 0.4) is 0 Å². The van der Waals surface area contributed by atoms with E-state index >= 15 is 0 Å². The topological polar surface area (TPSA) is 45.8 Å². The van der Waals surface area contributed by atoms with Gasteiger partial charge in [0, 0.05) is 39.8 Å². The first kappa shape index (κ1) is 16.1. The maximum atomic E-state index is 5.59. The van der Waals surface area contributed by atoms with E-state index < -0.39 is 0 Å². The highest BCUT2D eigenvalue weighted by Gasteiger charge is 2.14. The number of anilines is 1. The van der Waals surface area contributed by atoms with Crippen LogP contribution in [0.15, 0.2) is 18.2 Å². The Bertz CT molecular complexity index is 418. The van der Waals surface area contributed by atoms with E-state index in [-0.39, 0.29) is 0 Å². The number of hydrogen-bond acceptors (Lipinski definition) is 5. The molecule has 0 amide bonds. The van der Waals surface area contributed by atoms with Gasteiger partial charge in [0.05, 0.1) is 19.4 Å². The van der Waals surface area contributed by atoms with E-state index in [2.05, 4.69) is 33.7 Å². The molecule has 0 atom stereocenters. The molecule has 1 fully saturated rings. The molecule has 0 aromatic heterocycles. The zero-order chi connectivity index (χ0) is 14.9. The first-order valence-corrected chi connectivity index (χ1v) is 7.67. The summed E-state index contributed by atoms with van der Waals surface area (Å²) in [4.78, 5) is 2.40. The second-order valence-electron chi connectivity index (χ2n) is 5.27. The second-order valence-corrected chi connectivity index (χ2v) is 5.27. The Morgan fingerprint density at radius 3 is 2.95 bits per heavy atom. The molecule has 5 heteroatoms. The molecule has 0 spiro atoms. The summed E-state index contributed by atoms with van der Waals surface area (Å²) in [6.45, 7) is 6.66. The molecule has 21 heavy (non-hydrogen) atoms. The van der Waals surface area contributed by atoms with Crippen molar-refractivity contribution in [1.29, 1.82) is 0 Å². The average molecular weight is 293 g/mol. The van der Waals surface area contributed by atoms with Crippen molar-refractivity contribution in [2.75, 3.05) is 58.5 Å². The lowest BCUT2D eigenvalue weighted by Crippen LogP contribution is -2.28. The third-order valence-corrected chi connectivity index (χ3v) is 3.74. The normalized spacial score (nSPS) is 15.8. The van der Waals surface area contributed by atoms with Crippen LogP contribution in [-0.4, -0.2) is 53.6 Å². The van der Waals surface area contributed by atoms with Crippen LogP contribution in [0.2, 0.25) is 0 Å².